The van der Waals surface area contributed by atoms with Crippen molar-refractivity contribution in [2.24, 2.45) is 5.73 Å². The minimum Gasteiger partial charge on any atom is -0.397 e. The van der Waals surface area contributed by atoms with Crippen molar-refractivity contribution in [3.63, 3.8) is 0 Å². The lowest BCUT2D eigenvalue weighted by atomic mass is 10.1. The summed E-state index contributed by atoms with van der Waals surface area (Å²) in [5.41, 5.74) is 13.5. The number of anilines is 1. The molecule has 0 atom stereocenters. The Morgan fingerprint density at radius 2 is 1.74 bits per heavy atom. The third kappa shape index (κ3) is 5.30. The van der Waals surface area contributed by atoms with E-state index in [-0.39, 0.29) is 0 Å². The number of aryl methyl sites for hydroxylation is 1. The Kier molecular flexibility index (Phi) is 10.8. The van der Waals surface area contributed by atoms with E-state index < -0.39 is 5.91 Å². The van der Waals surface area contributed by atoms with Crippen molar-refractivity contribution >= 4 is 28.5 Å². The van der Waals surface area contributed by atoms with E-state index in [0.717, 1.165) is 16.0 Å². The molecule has 19 heavy (non-hydrogen) atoms. The SMILES string of the molecule is C=C/C=C(/C)c1c(C)sc(C(N)=O)c1N.CC.CC. The highest BCUT2D eigenvalue weighted by Gasteiger charge is 2.17. The summed E-state index contributed by atoms with van der Waals surface area (Å²) in [7, 11) is 0. The fourth-order valence-corrected chi connectivity index (χ4v) is 2.49. The number of nitrogens with two attached hydrogens (primary N) is 2. The zero-order valence-electron chi connectivity index (χ0n) is 12.8. The molecule has 4 N–H and O–H groups in total. The molecule has 0 saturated carbocycles. The van der Waals surface area contributed by atoms with Gasteiger partial charge in [0, 0.05) is 10.4 Å². The zero-order valence-corrected chi connectivity index (χ0v) is 13.6. The van der Waals surface area contributed by atoms with Crippen LogP contribution in [0.1, 0.15) is 54.7 Å². The zero-order chi connectivity index (χ0) is 15.6. The van der Waals surface area contributed by atoms with Gasteiger partial charge in [0.1, 0.15) is 4.88 Å². The minimum absolute atomic E-state index is 0.430. The number of hydrogen-bond acceptors (Lipinski definition) is 3. The van der Waals surface area contributed by atoms with Crippen LogP contribution in [0.3, 0.4) is 0 Å². The van der Waals surface area contributed by atoms with Gasteiger partial charge in [-0.3, -0.25) is 4.79 Å². The van der Waals surface area contributed by atoms with E-state index in [0.29, 0.717) is 10.6 Å². The van der Waals surface area contributed by atoms with Gasteiger partial charge < -0.3 is 11.5 Å². The van der Waals surface area contributed by atoms with Gasteiger partial charge >= 0.3 is 0 Å². The molecule has 0 radical (unpaired) electrons. The number of carbonyl (C=O) groups excluding carboxylic acids is 1. The Bertz CT molecular complexity index is 445. The first-order chi connectivity index (χ1) is 8.99. The molecule has 0 aliphatic carbocycles. The summed E-state index contributed by atoms with van der Waals surface area (Å²) in [6.45, 7) is 15.5. The van der Waals surface area contributed by atoms with Crippen LogP contribution in [0.15, 0.2) is 18.7 Å². The highest BCUT2D eigenvalue weighted by Crippen LogP contribution is 2.34. The number of primary amides is 1. The second-order valence-electron chi connectivity index (χ2n) is 3.23. The maximum atomic E-state index is 11.1. The Balaban J connectivity index is 0. The van der Waals surface area contributed by atoms with Crippen LogP contribution in [0, 0.1) is 6.92 Å². The monoisotopic (exact) mass is 282 g/mol. The fraction of sp³-hybridized carbons (Fsp3) is 0.400. The topological polar surface area (TPSA) is 69.1 Å². The lowest BCUT2D eigenvalue weighted by Gasteiger charge is -2.01. The molecule has 1 rings (SSSR count). The molecule has 1 aromatic rings. The number of hydrogen-bond donors (Lipinski definition) is 2. The summed E-state index contributed by atoms with van der Waals surface area (Å²) >= 11 is 1.33. The normalized spacial score (nSPS) is 9.68. The van der Waals surface area contributed by atoms with Crippen molar-refractivity contribution in [3.05, 3.63) is 34.0 Å². The molecule has 1 heterocycles. The highest BCUT2D eigenvalue weighted by atomic mass is 32.1. The summed E-state index contributed by atoms with van der Waals surface area (Å²) in [6, 6.07) is 0. The molecule has 3 nitrogen and oxygen atoms in total. The van der Waals surface area contributed by atoms with Gasteiger partial charge in [-0.25, -0.2) is 0 Å². The van der Waals surface area contributed by atoms with Crippen LogP contribution >= 0.6 is 11.3 Å². The van der Waals surface area contributed by atoms with Gasteiger partial charge in [-0.2, -0.15) is 0 Å². The highest BCUT2D eigenvalue weighted by molar-refractivity contribution is 7.14. The van der Waals surface area contributed by atoms with E-state index in [1.54, 1.807) is 6.08 Å². The van der Waals surface area contributed by atoms with Gasteiger partial charge in [0.15, 0.2) is 0 Å². The Hall–Kier alpha value is -1.55. The predicted octanol–water partition coefficient (Wildman–Crippen LogP) is 4.38. The molecule has 0 aliphatic rings. The van der Waals surface area contributed by atoms with Crippen molar-refractivity contribution in [1.82, 2.24) is 0 Å². The second kappa shape index (κ2) is 10.4. The van der Waals surface area contributed by atoms with Gasteiger partial charge in [-0.05, 0) is 19.4 Å². The second-order valence-corrected chi connectivity index (χ2v) is 4.45. The lowest BCUT2D eigenvalue weighted by Crippen LogP contribution is -2.11. The molecule has 0 unspecified atom stereocenters. The summed E-state index contributed by atoms with van der Waals surface area (Å²) in [6.07, 6.45) is 3.55. The maximum absolute atomic E-state index is 11.1. The number of amides is 1. The van der Waals surface area contributed by atoms with E-state index in [9.17, 15) is 4.79 Å². The van der Waals surface area contributed by atoms with Crippen molar-refractivity contribution in [1.29, 1.82) is 0 Å². The van der Waals surface area contributed by atoms with Crippen molar-refractivity contribution in [2.45, 2.75) is 41.5 Å². The molecule has 0 aromatic carbocycles. The van der Waals surface area contributed by atoms with Crippen LogP contribution in [0.4, 0.5) is 5.69 Å². The third-order valence-corrected chi connectivity index (χ3v) is 3.24. The molecule has 0 bridgehead atoms. The summed E-state index contributed by atoms with van der Waals surface area (Å²) < 4.78 is 0. The van der Waals surface area contributed by atoms with E-state index in [4.69, 9.17) is 11.5 Å². The van der Waals surface area contributed by atoms with Crippen LogP contribution in [-0.2, 0) is 0 Å². The average Bonchev–Trinajstić information content (AvgIpc) is 2.70. The van der Waals surface area contributed by atoms with E-state index in [2.05, 4.69) is 6.58 Å². The van der Waals surface area contributed by atoms with Gasteiger partial charge in [0.25, 0.3) is 5.91 Å². The van der Waals surface area contributed by atoms with Crippen molar-refractivity contribution in [2.75, 3.05) is 5.73 Å². The standard InChI is InChI=1S/C11H14N2OS.2C2H6/c1-4-5-6(2)8-7(3)15-10(9(8)12)11(13)14;2*1-2/h4-5H,1,12H2,2-3H3,(H2,13,14);2*1-2H3/b6-5-;;. The van der Waals surface area contributed by atoms with Crippen LogP contribution in [0.25, 0.3) is 5.57 Å². The molecule has 0 aliphatic heterocycles. The fourth-order valence-electron chi connectivity index (χ4n) is 1.50. The van der Waals surface area contributed by atoms with Gasteiger partial charge in [-0.15, -0.1) is 11.3 Å². The molecule has 0 saturated heterocycles. The maximum Gasteiger partial charge on any atom is 0.260 e. The molecular formula is C15H26N2OS. The smallest absolute Gasteiger partial charge is 0.260 e. The molecule has 1 amide bonds. The summed E-state index contributed by atoms with van der Waals surface area (Å²) in [5, 5.41) is 0. The third-order valence-electron chi connectivity index (χ3n) is 2.11. The quantitative estimate of drug-likeness (QED) is 0.808. The van der Waals surface area contributed by atoms with E-state index in [1.165, 1.54) is 11.3 Å². The minimum atomic E-state index is -0.474. The van der Waals surface area contributed by atoms with Crippen LogP contribution in [0.5, 0.6) is 0 Å². The largest absolute Gasteiger partial charge is 0.397 e. The molecule has 108 valence electrons. The first-order valence-corrected chi connectivity index (χ1v) is 7.29. The van der Waals surface area contributed by atoms with E-state index >= 15 is 0 Å². The van der Waals surface area contributed by atoms with E-state index in [1.807, 2.05) is 47.6 Å². The molecule has 4 heteroatoms. The average molecular weight is 282 g/mol. The molecular weight excluding hydrogens is 256 g/mol. The summed E-state index contributed by atoms with van der Waals surface area (Å²) in [4.78, 5) is 12.5. The van der Waals surface area contributed by atoms with Gasteiger partial charge in [0.05, 0.1) is 5.69 Å². The van der Waals surface area contributed by atoms with Gasteiger partial charge in [0.2, 0.25) is 0 Å². The number of rotatable bonds is 3. The number of nitrogen functional groups attached to an aromatic ring is 1. The van der Waals surface area contributed by atoms with Gasteiger partial charge in [-0.1, -0.05) is 46.4 Å². The Morgan fingerprint density at radius 3 is 2.05 bits per heavy atom. The number of thiophene rings is 1. The summed E-state index contributed by atoms with van der Waals surface area (Å²) in [5.74, 6) is -0.474. The number of carbonyl (C=O) groups is 1. The van der Waals surface area contributed by atoms with Crippen LogP contribution in [-0.4, -0.2) is 5.91 Å². The van der Waals surface area contributed by atoms with Crippen molar-refractivity contribution < 1.29 is 4.79 Å². The Labute approximate surface area is 121 Å². The molecule has 1 aromatic heterocycles. The predicted molar refractivity (Wildman–Crippen MR) is 88.5 cm³/mol. The van der Waals surface area contributed by atoms with Crippen molar-refractivity contribution in [3.8, 4) is 0 Å². The first kappa shape index (κ1) is 19.8. The van der Waals surface area contributed by atoms with Crippen LogP contribution in [0.2, 0.25) is 0 Å². The Morgan fingerprint density at radius 1 is 1.26 bits per heavy atom. The molecule has 0 fully saturated rings. The lowest BCUT2D eigenvalue weighted by molar-refractivity contribution is 0.100. The molecule has 0 spiro atoms. The number of allylic oxidation sites excluding steroid dienone is 3. The first-order valence-electron chi connectivity index (χ1n) is 6.47. The van der Waals surface area contributed by atoms with Crippen LogP contribution < -0.4 is 11.5 Å².